The molecule has 1 aromatic rings. The van der Waals surface area contributed by atoms with Crippen LogP contribution in [0.3, 0.4) is 0 Å². The van der Waals surface area contributed by atoms with Crippen molar-refractivity contribution in [2.45, 2.75) is 13.8 Å². The van der Waals surface area contributed by atoms with Crippen LogP contribution in [-0.4, -0.2) is 54.6 Å². The topological polar surface area (TPSA) is 85.8 Å². The van der Waals surface area contributed by atoms with Crippen molar-refractivity contribution in [3.8, 4) is 0 Å². The highest BCUT2D eigenvalue weighted by molar-refractivity contribution is 5.72. The molecule has 0 spiro atoms. The summed E-state index contributed by atoms with van der Waals surface area (Å²) in [4.78, 5) is 8.41. The number of pyridine rings is 1. The smallest absolute Gasteiger partial charge is 0.152 e. The Hall–Kier alpha value is -1.53. The predicted octanol–water partition coefficient (Wildman–Crippen LogP) is 0.301. The van der Waals surface area contributed by atoms with Crippen LogP contribution in [0.1, 0.15) is 13.8 Å². The average Bonchev–Trinajstić information content (AvgIpc) is 2.44. The lowest BCUT2D eigenvalue weighted by Gasteiger charge is -2.37. The van der Waals surface area contributed by atoms with E-state index in [1.807, 2.05) is 24.8 Å². The van der Waals surface area contributed by atoms with Gasteiger partial charge in [-0.25, -0.2) is 4.98 Å². The second-order valence-corrected chi connectivity index (χ2v) is 4.03. The number of aliphatic hydroxyl groups excluding tert-OH is 2. The second kappa shape index (κ2) is 7.81. The molecule has 0 unspecified atom stereocenters. The van der Waals surface area contributed by atoms with Gasteiger partial charge in [0.25, 0.3) is 0 Å². The number of nitrogen functional groups attached to an aromatic ring is 1. The molecular weight excluding hydrogens is 244 g/mol. The fourth-order valence-corrected chi connectivity index (χ4v) is 2.10. The van der Waals surface area contributed by atoms with E-state index in [1.54, 1.807) is 6.20 Å². The summed E-state index contributed by atoms with van der Waals surface area (Å²) in [5, 5.41) is 18.1. The third-order valence-corrected chi connectivity index (χ3v) is 2.89. The van der Waals surface area contributed by atoms with E-state index in [0.717, 1.165) is 24.6 Å². The van der Waals surface area contributed by atoms with Crippen molar-refractivity contribution in [3.63, 3.8) is 0 Å². The van der Waals surface area contributed by atoms with Crippen LogP contribution in [0, 0.1) is 0 Å². The molecule has 1 aromatic heterocycles. The van der Waals surface area contributed by atoms with Gasteiger partial charge in [-0.15, -0.1) is 0 Å². The number of rotatable bonds is 4. The maximum atomic E-state index is 9.04. The van der Waals surface area contributed by atoms with E-state index in [4.69, 9.17) is 15.9 Å². The van der Waals surface area contributed by atoms with Crippen LogP contribution in [0.5, 0.6) is 0 Å². The van der Waals surface area contributed by atoms with Crippen LogP contribution >= 0.6 is 0 Å². The minimum Gasteiger partial charge on any atom is -0.397 e. The number of β-amino-alcohol motifs (C(OH)–C–C–N with tert-alkyl or cyclic N) is 2. The molecule has 0 aliphatic carbocycles. The van der Waals surface area contributed by atoms with Crippen LogP contribution in [0.4, 0.5) is 17.2 Å². The largest absolute Gasteiger partial charge is 0.397 e. The van der Waals surface area contributed by atoms with Gasteiger partial charge in [0.05, 0.1) is 30.8 Å². The van der Waals surface area contributed by atoms with Gasteiger partial charge in [0.2, 0.25) is 0 Å². The van der Waals surface area contributed by atoms with Crippen molar-refractivity contribution in [2.75, 3.05) is 54.9 Å². The van der Waals surface area contributed by atoms with Crippen molar-refractivity contribution in [1.82, 2.24) is 4.98 Å². The molecule has 0 aromatic carbocycles. The van der Waals surface area contributed by atoms with Crippen molar-refractivity contribution in [3.05, 3.63) is 12.3 Å². The molecule has 1 aliphatic rings. The van der Waals surface area contributed by atoms with Gasteiger partial charge in [-0.2, -0.15) is 0 Å². The maximum absolute atomic E-state index is 9.04. The van der Waals surface area contributed by atoms with E-state index >= 15 is 0 Å². The van der Waals surface area contributed by atoms with Gasteiger partial charge in [0.1, 0.15) is 0 Å². The molecule has 0 saturated heterocycles. The minimum atomic E-state index is 0.103. The molecule has 2 rings (SSSR count). The average molecular weight is 268 g/mol. The molecule has 19 heavy (non-hydrogen) atoms. The molecule has 0 bridgehead atoms. The molecule has 2 heterocycles. The van der Waals surface area contributed by atoms with Crippen molar-refractivity contribution < 1.29 is 10.2 Å². The zero-order valence-electron chi connectivity index (χ0n) is 11.7. The zero-order valence-corrected chi connectivity index (χ0v) is 11.7. The van der Waals surface area contributed by atoms with Crippen molar-refractivity contribution in [1.29, 1.82) is 0 Å². The quantitative estimate of drug-likeness (QED) is 0.728. The summed E-state index contributed by atoms with van der Waals surface area (Å²) in [5.41, 5.74) is 7.28. The molecule has 0 amide bonds. The van der Waals surface area contributed by atoms with Crippen molar-refractivity contribution in [2.24, 2.45) is 0 Å². The fourth-order valence-electron chi connectivity index (χ4n) is 2.10. The van der Waals surface area contributed by atoms with Crippen LogP contribution in [0.15, 0.2) is 12.3 Å². The predicted molar refractivity (Wildman–Crippen MR) is 78.6 cm³/mol. The Labute approximate surface area is 114 Å². The number of hydrogen-bond acceptors (Lipinski definition) is 6. The molecule has 1 aliphatic heterocycles. The van der Waals surface area contributed by atoms with E-state index in [1.165, 1.54) is 0 Å². The van der Waals surface area contributed by atoms with E-state index in [0.29, 0.717) is 18.8 Å². The van der Waals surface area contributed by atoms with Gasteiger partial charge < -0.3 is 25.7 Å². The van der Waals surface area contributed by atoms with E-state index < -0.39 is 0 Å². The van der Waals surface area contributed by atoms with E-state index in [2.05, 4.69) is 9.88 Å². The molecule has 4 N–H and O–H groups in total. The monoisotopic (exact) mass is 268 g/mol. The van der Waals surface area contributed by atoms with Gasteiger partial charge in [-0.3, -0.25) is 0 Å². The number of fused-ring (bicyclic) bond motifs is 1. The Bertz CT molecular complexity index is 387. The SMILES string of the molecule is CC.Nc1cnc2c(c1)N(CCO)CCN2CCO. The van der Waals surface area contributed by atoms with Gasteiger partial charge in [-0.1, -0.05) is 13.8 Å². The highest BCUT2D eigenvalue weighted by Gasteiger charge is 2.23. The van der Waals surface area contributed by atoms with Crippen LogP contribution < -0.4 is 15.5 Å². The lowest BCUT2D eigenvalue weighted by Crippen LogP contribution is -2.43. The number of aliphatic hydroxyl groups is 2. The summed E-state index contributed by atoms with van der Waals surface area (Å²) < 4.78 is 0. The number of anilines is 3. The van der Waals surface area contributed by atoms with Crippen LogP contribution in [0.25, 0.3) is 0 Å². The summed E-state index contributed by atoms with van der Waals surface area (Å²) in [6, 6.07) is 1.86. The Morgan fingerprint density at radius 3 is 2.37 bits per heavy atom. The van der Waals surface area contributed by atoms with Gasteiger partial charge in [0, 0.05) is 26.2 Å². The molecule has 6 nitrogen and oxygen atoms in total. The summed E-state index contributed by atoms with van der Waals surface area (Å²) in [5.74, 6) is 0.827. The standard InChI is InChI=1S/C11H18N4O2.C2H6/c12-9-7-10-11(13-8-9)15(4-6-17)2-1-14(10)3-5-16;1-2/h7-8,16-17H,1-6,12H2;1-2H3. The van der Waals surface area contributed by atoms with Gasteiger partial charge >= 0.3 is 0 Å². The molecule has 6 heteroatoms. The summed E-state index contributed by atoms with van der Waals surface area (Å²) in [7, 11) is 0. The Morgan fingerprint density at radius 1 is 1.16 bits per heavy atom. The van der Waals surface area contributed by atoms with Gasteiger partial charge in [0.15, 0.2) is 5.82 Å². The third kappa shape index (κ3) is 3.71. The number of hydrogen-bond donors (Lipinski definition) is 3. The molecule has 0 atom stereocenters. The minimum absolute atomic E-state index is 0.103. The fraction of sp³-hybridized carbons (Fsp3) is 0.615. The first-order valence-electron chi connectivity index (χ1n) is 6.73. The molecule has 0 fully saturated rings. The Morgan fingerprint density at radius 2 is 1.74 bits per heavy atom. The Balaban J connectivity index is 0.000000861. The number of nitrogens with zero attached hydrogens (tertiary/aromatic N) is 3. The molecule has 108 valence electrons. The Kier molecular flexibility index (Phi) is 6.38. The lowest BCUT2D eigenvalue weighted by atomic mass is 10.2. The number of nitrogens with two attached hydrogens (primary N) is 1. The third-order valence-electron chi connectivity index (χ3n) is 2.89. The molecule has 0 radical (unpaired) electrons. The van der Waals surface area contributed by atoms with E-state index in [9.17, 15) is 0 Å². The molecule has 0 saturated carbocycles. The maximum Gasteiger partial charge on any atom is 0.152 e. The second-order valence-electron chi connectivity index (χ2n) is 4.03. The first kappa shape index (κ1) is 15.5. The highest BCUT2D eigenvalue weighted by atomic mass is 16.3. The van der Waals surface area contributed by atoms with E-state index in [-0.39, 0.29) is 13.2 Å². The first-order chi connectivity index (χ1) is 9.26. The zero-order chi connectivity index (χ0) is 14.3. The van der Waals surface area contributed by atoms with Gasteiger partial charge in [-0.05, 0) is 6.07 Å². The lowest BCUT2D eigenvalue weighted by molar-refractivity contribution is 0.296. The van der Waals surface area contributed by atoms with Crippen LogP contribution in [-0.2, 0) is 0 Å². The molecular formula is C13H24N4O2. The number of aromatic nitrogens is 1. The summed E-state index contributed by atoms with van der Waals surface area (Å²) in [6.07, 6.45) is 1.62. The van der Waals surface area contributed by atoms with Crippen LogP contribution in [0.2, 0.25) is 0 Å². The normalized spacial score (nSPS) is 13.7. The first-order valence-corrected chi connectivity index (χ1v) is 6.73. The summed E-state index contributed by atoms with van der Waals surface area (Å²) >= 11 is 0. The highest BCUT2D eigenvalue weighted by Crippen LogP contribution is 2.31. The van der Waals surface area contributed by atoms with Crippen molar-refractivity contribution >= 4 is 17.2 Å². The summed E-state index contributed by atoms with van der Waals surface area (Å²) in [6.45, 7) is 6.95.